The van der Waals surface area contributed by atoms with E-state index in [0.29, 0.717) is 0 Å². The highest BCUT2D eigenvalue weighted by atomic mass is 127. The molecule has 3 aromatic heterocycles. The zero-order valence-corrected chi connectivity index (χ0v) is 11.9. The quantitative estimate of drug-likeness (QED) is 0.553. The molecule has 0 fully saturated rings. The first kappa shape index (κ1) is 8.80. The minimum atomic E-state index is 0.972. The van der Waals surface area contributed by atoms with Gasteiger partial charge in [0.25, 0.3) is 0 Å². The lowest BCUT2D eigenvalue weighted by Crippen LogP contribution is -1.66. The fraction of sp³-hybridized carbons (Fsp3) is 0. The van der Waals surface area contributed by atoms with Gasteiger partial charge >= 0.3 is 0 Å². The Morgan fingerprint density at radius 3 is 2.69 bits per heavy atom. The average molecular weight is 433 g/mol. The Morgan fingerprint density at radius 1 is 1.08 bits per heavy atom. The van der Waals surface area contributed by atoms with Crippen LogP contribution < -0.4 is 0 Å². The van der Waals surface area contributed by atoms with Gasteiger partial charge in [-0.15, -0.1) is 11.3 Å². The van der Waals surface area contributed by atoms with E-state index in [1.807, 2.05) is 0 Å². The largest absolute Gasteiger partial charge is 0.329 e. The molecule has 0 bridgehead atoms. The third-order valence-corrected chi connectivity index (χ3v) is 5.06. The fourth-order valence-electron chi connectivity index (χ4n) is 1.18. The molecule has 66 valence electrons. The summed E-state index contributed by atoms with van der Waals surface area (Å²) in [4.78, 5) is 13.2. The monoisotopic (exact) mass is 433 g/mol. The molecule has 1 N–H and O–H groups in total. The average Bonchev–Trinajstić information content (AvgIpc) is 2.60. The molecule has 0 aliphatic heterocycles. The van der Waals surface area contributed by atoms with E-state index in [-0.39, 0.29) is 0 Å². The molecule has 3 aromatic rings. The highest BCUT2D eigenvalue weighted by Gasteiger charge is 2.12. The molecule has 13 heavy (non-hydrogen) atoms. The highest BCUT2D eigenvalue weighted by Crippen LogP contribution is 2.33. The molecule has 0 saturated heterocycles. The SMILES string of the molecule is Ic1nc2c([nH]c3nc(I)sc32)s1. The minimum absolute atomic E-state index is 0.972. The maximum Gasteiger partial charge on any atom is 0.156 e. The van der Waals surface area contributed by atoms with Crippen LogP contribution in [-0.2, 0) is 0 Å². The molecule has 0 unspecified atom stereocenters. The van der Waals surface area contributed by atoms with E-state index in [9.17, 15) is 0 Å². The fourth-order valence-corrected chi connectivity index (χ4v) is 4.49. The van der Waals surface area contributed by atoms with E-state index >= 15 is 0 Å². The van der Waals surface area contributed by atoms with Gasteiger partial charge in [0.15, 0.2) is 11.7 Å². The lowest BCUT2D eigenvalue weighted by atomic mass is 10.6. The number of fused-ring (bicyclic) bond motifs is 3. The Hall–Kier alpha value is 0.520. The number of rotatable bonds is 0. The molecule has 0 saturated carbocycles. The topological polar surface area (TPSA) is 41.6 Å². The Balaban J connectivity index is 2.56. The summed E-state index contributed by atoms with van der Waals surface area (Å²) >= 11 is 7.83. The van der Waals surface area contributed by atoms with Crippen molar-refractivity contribution in [1.29, 1.82) is 0 Å². The van der Waals surface area contributed by atoms with Gasteiger partial charge in [0.1, 0.15) is 15.0 Å². The Morgan fingerprint density at radius 2 is 1.85 bits per heavy atom. The number of aromatic nitrogens is 3. The van der Waals surface area contributed by atoms with Gasteiger partial charge in [-0.3, -0.25) is 0 Å². The van der Waals surface area contributed by atoms with E-state index in [1.54, 1.807) is 22.7 Å². The number of nitrogens with zero attached hydrogens (tertiary/aromatic N) is 2. The molecular weight excluding hydrogens is 432 g/mol. The third-order valence-electron chi connectivity index (χ3n) is 1.65. The predicted molar refractivity (Wildman–Crippen MR) is 72.6 cm³/mol. The number of halogens is 2. The molecule has 3 heterocycles. The summed E-state index contributed by atoms with van der Waals surface area (Å²) in [5, 5.41) is 0. The van der Waals surface area contributed by atoms with Gasteiger partial charge in [0, 0.05) is 0 Å². The van der Waals surface area contributed by atoms with Crippen LogP contribution in [-0.4, -0.2) is 15.0 Å². The molecule has 0 radical (unpaired) electrons. The third kappa shape index (κ3) is 1.31. The van der Waals surface area contributed by atoms with Crippen molar-refractivity contribution < 1.29 is 0 Å². The molecule has 0 amide bonds. The number of aromatic amines is 1. The van der Waals surface area contributed by atoms with E-state index in [0.717, 1.165) is 22.0 Å². The standard InChI is InChI=1S/C6HI2N3S2/c7-5-9-1-2-3(10-4(1)13-5)11-6(8)12-2/h10H. The summed E-state index contributed by atoms with van der Waals surface area (Å²) in [7, 11) is 0. The zero-order valence-electron chi connectivity index (χ0n) is 5.97. The van der Waals surface area contributed by atoms with Crippen molar-refractivity contribution in [3.63, 3.8) is 0 Å². The lowest BCUT2D eigenvalue weighted by molar-refractivity contribution is 1.37. The normalized spacial score (nSPS) is 11.8. The predicted octanol–water partition coefficient (Wildman–Crippen LogP) is 3.44. The molecule has 0 atom stereocenters. The highest BCUT2D eigenvalue weighted by molar-refractivity contribution is 14.1. The molecule has 3 rings (SSSR count). The van der Waals surface area contributed by atoms with Gasteiger partial charge < -0.3 is 4.98 Å². The van der Waals surface area contributed by atoms with Gasteiger partial charge in [-0.25, -0.2) is 9.97 Å². The van der Waals surface area contributed by atoms with Crippen LogP contribution in [0.3, 0.4) is 0 Å². The minimum Gasteiger partial charge on any atom is -0.329 e. The Kier molecular flexibility index (Phi) is 2.03. The van der Waals surface area contributed by atoms with E-state index < -0.39 is 0 Å². The van der Waals surface area contributed by atoms with Gasteiger partial charge in [-0.2, -0.15) is 0 Å². The number of hydrogen-bond acceptors (Lipinski definition) is 4. The summed E-state index contributed by atoms with van der Waals surface area (Å²) in [5.41, 5.74) is 2.05. The molecule has 0 aliphatic carbocycles. The van der Waals surface area contributed by atoms with E-state index in [2.05, 4.69) is 60.1 Å². The van der Waals surface area contributed by atoms with Crippen molar-refractivity contribution in [2.24, 2.45) is 0 Å². The van der Waals surface area contributed by atoms with E-state index in [4.69, 9.17) is 0 Å². The summed E-state index contributed by atoms with van der Waals surface area (Å²) in [5.74, 6) is 0. The van der Waals surface area contributed by atoms with Crippen molar-refractivity contribution in [3.05, 3.63) is 6.03 Å². The number of thiazole rings is 2. The van der Waals surface area contributed by atoms with Crippen LogP contribution >= 0.6 is 67.9 Å². The summed E-state index contributed by atoms with van der Waals surface area (Å²) in [6.07, 6.45) is 0. The van der Waals surface area contributed by atoms with Crippen molar-refractivity contribution in [3.8, 4) is 0 Å². The Labute approximate surface area is 108 Å². The molecule has 0 aromatic carbocycles. The van der Waals surface area contributed by atoms with Crippen LogP contribution in [0.5, 0.6) is 0 Å². The second kappa shape index (κ2) is 3.00. The number of hydrogen-bond donors (Lipinski definition) is 1. The molecule has 0 spiro atoms. The van der Waals surface area contributed by atoms with Crippen molar-refractivity contribution in [1.82, 2.24) is 15.0 Å². The van der Waals surface area contributed by atoms with Crippen LogP contribution in [0, 0.1) is 6.03 Å². The number of H-pyrrole nitrogens is 1. The number of nitrogens with one attached hydrogen (secondary N) is 1. The van der Waals surface area contributed by atoms with E-state index in [1.165, 1.54) is 4.70 Å². The first-order chi connectivity index (χ1) is 6.24. The Bertz CT molecular complexity index is 542. The summed E-state index contributed by atoms with van der Waals surface area (Å²) in [6, 6.07) is 0. The van der Waals surface area contributed by atoms with Gasteiger partial charge in [0.2, 0.25) is 0 Å². The first-order valence-electron chi connectivity index (χ1n) is 3.34. The molecular formula is C6HI2N3S2. The van der Waals surface area contributed by atoms with Crippen molar-refractivity contribution in [2.75, 3.05) is 0 Å². The van der Waals surface area contributed by atoms with Crippen molar-refractivity contribution in [2.45, 2.75) is 0 Å². The van der Waals surface area contributed by atoms with Crippen LogP contribution in [0.25, 0.3) is 20.7 Å². The second-order valence-electron chi connectivity index (χ2n) is 2.41. The lowest BCUT2D eigenvalue weighted by Gasteiger charge is -1.73. The maximum atomic E-state index is 4.46. The van der Waals surface area contributed by atoms with Gasteiger partial charge in [-0.05, 0) is 45.2 Å². The summed E-state index contributed by atoms with van der Waals surface area (Å²) < 4.78 is 3.31. The second-order valence-corrected chi connectivity index (χ2v) is 7.92. The zero-order chi connectivity index (χ0) is 9.00. The smallest absolute Gasteiger partial charge is 0.156 e. The summed E-state index contributed by atoms with van der Waals surface area (Å²) in [6.45, 7) is 0. The van der Waals surface area contributed by atoms with Gasteiger partial charge in [-0.1, -0.05) is 11.3 Å². The molecule has 0 aliphatic rings. The van der Waals surface area contributed by atoms with Crippen molar-refractivity contribution >= 4 is 88.5 Å². The van der Waals surface area contributed by atoms with Crippen LogP contribution in [0.4, 0.5) is 0 Å². The van der Waals surface area contributed by atoms with Crippen LogP contribution in [0.2, 0.25) is 0 Å². The van der Waals surface area contributed by atoms with Gasteiger partial charge in [0.05, 0.1) is 0 Å². The van der Waals surface area contributed by atoms with Crippen LogP contribution in [0.1, 0.15) is 0 Å². The first-order valence-corrected chi connectivity index (χ1v) is 7.13. The van der Waals surface area contributed by atoms with Crippen LogP contribution in [0.15, 0.2) is 0 Å². The maximum absolute atomic E-state index is 4.46. The molecule has 7 heteroatoms. The molecule has 3 nitrogen and oxygen atoms in total.